The van der Waals surface area contributed by atoms with Crippen molar-refractivity contribution < 1.29 is 14.7 Å². The summed E-state index contributed by atoms with van der Waals surface area (Å²) >= 11 is 0. The predicted octanol–water partition coefficient (Wildman–Crippen LogP) is 2.06. The molecule has 21 heavy (non-hydrogen) atoms. The third-order valence-electron chi connectivity index (χ3n) is 3.57. The Morgan fingerprint density at radius 2 is 2.14 bits per heavy atom. The number of urea groups is 1. The standard InChI is InChI=1S/C14H22N4O3/c1-14(2,7-6-12(19)20)16-13(21)15-11-8-10(9-4-5-9)18(3)17-11/h8-9H,4-7H2,1-3H3,(H,19,20)(H2,15,16,17,21). The Labute approximate surface area is 123 Å². The van der Waals surface area contributed by atoms with Crippen LogP contribution in [0, 0.1) is 0 Å². The molecule has 0 saturated heterocycles. The van der Waals surface area contributed by atoms with Crippen LogP contribution in [0.15, 0.2) is 6.07 Å². The maximum Gasteiger partial charge on any atom is 0.320 e. The lowest BCUT2D eigenvalue weighted by Gasteiger charge is -2.25. The van der Waals surface area contributed by atoms with Gasteiger partial charge in [0, 0.05) is 36.7 Å². The number of nitrogens with zero attached hydrogens (tertiary/aromatic N) is 2. The maximum absolute atomic E-state index is 12.0. The SMILES string of the molecule is Cn1nc(NC(=O)NC(C)(C)CCC(=O)O)cc1C1CC1. The molecule has 1 heterocycles. The summed E-state index contributed by atoms with van der Waals surface area (Å²) in [5, 5.41) is 18.4. The second-order valence-electron chi connectivity index (χ2n) is 6.21. The van der Waals surface area contributed by atoms with Crippen molar-refractivity contribution in [3.63, 3.8) is 0 Å². The van der Waals surface area contributed by atoms with E-state index >= 15 is 0 Å². The molecular formula is C14H22N4O3. The third kappa shape index (κ3) is 4.47. The Morgan fingerprint density at radius 1 is 1.48 bits per heavy atom. The normalized spacial score (nSPS) is 14.8. The van der Waals surface area contributed by atoms with E-state index in [0.717, 1.165) is 5.69 Å². The van der Waals surface area contributed by atoms with Gasteiger partial charge in [0.05, 0.1) is 0 Å². The van der Waals surface area contributed by atoms with Gasteiger partial charge in [0.15, 0.2) is 5.82 Å². The average Bonchev–Trinajstić information content (AvgIpc) is 3.11. The molecule has 3 N–H and O–H groups in total. The minimum Gasteiger partial charge on any atom is -0.481 e. The minimum atomic E-state index is -0.871. The van der Waals surface area contributed by atoms with E-state index in [9.17, 15) is 9.59 Å². The van der Waals surface area contributed by atoms with Gasteiger partial charge in [-0.05, 0) is 33.1 Å². The van der Waals surface area contributed by atoms with Crippen LogP contribution in [0.25, 0.3) is 0 Å². The first-order valence-corrected chi connectivity index (χ1v) is 7.12. The van der Waals surface area contributed by atoms with Gasteiger partial charge in [0.25, 0.3) is 0 Å². The molecule has 1 aromatic rings. The fourth-order valence-corrected chi connectivity index (χ4v) is 2.24. The first-order valence-electron chi connectivity index (χ1n) is 7.12. The molecule has 0 spiro atoms. The van der Waals surface area contributed by atoms with E-state index in [1.165, 1.54) is 12.8 Å². The molecule has 0 aliphatic heterocycles. The van der Waals surface area contributed by atoms with Crippen molar-refractivity contribution in [2.75, 3.05) is 5.32 Å². The van der Waals surface area contributed by atoms with E-state index in [4.69, 9.17) is 5.11 Å². The fourth-order valence-electron chi connectivity index (χ4n) is 2.24. The van der Waals surface area contributed by atoms with Crippen molar-refractivity contribution >= 4 is 17.8 Å². The Bertz CT molecular complexity index is 546. The van der Waals surface area contributed by atoms with Crippen LogP contribution < -0.4 is 10.6 Å². The molecule has 1 aliphatic carbocycles. The first kappa shape index (κ1) is 15.3. The van der Waals surface area contributed by atoms with Crippen molar-refractivity contribution in [2.45, 2.75) is 51.0 Å². The summed E-state index contributed by atoms with van der Waals surface area (Å²) in [7, 11) is 1.87. The number of hydrogen-bond acceptors (Lipinski definition) is 3. The highest BCUT2D eigenvalue weighted by Gasteiger charge is 2.28. The van der Waals surface area contributed by atoms with Gasteiger partial charge in [-0.1, -0.05) is 0 Å². The molecule has 7 nitrogen and oxygen atoms in total. The van der Waals surface area contributed by atoms with Crippen LogP contribution in [0.2, 0.25) is 0 Å². The molecule has 0 radical (unpaired) electrons. The molecule has 1 aliphatic rings. The highest BCUT2D eigenvalue weighted by atomic mass is 16.4. The Balaban J connectivity index is 1.88. The number of aromatic nitrogens is 2. The largest absolute Gasteiger partial charge is 0.481 e. The van der Waals surface area contributed by atoms with Gasteiger partial charge in [0.2, 0.25) is 0 Å². The van der Waals surface area contributed by atoms with Gasteiger partial charge in [-0.2, -0.15) is 5.10 Å². The summed E-state index contributed by atoms with van der Waals surface area (Å²) in [6.07, 6.45) is 2.73. The second kappa shape index (κ2) is 5.75. The molecule has 116 valence electrons. The van der Waals surface area contributed by atoms with E-state index in [0.29, 0.717) is 18.2 Å². The Hall–Kier alpha value is -2.05. The van der Waals surface area contributed by atoms with E-state index in [1.807, 2.05) is 13.1 Å². The lowest BCUT2D eigenvalue weighted by molar-refractivity contribution is -0.137. The number of rotatable bonds is 6. The van der Waals surface area contributed by atoms with Gasteiger partial charge < -0.3 is 10.4 Å². The molecule has 0 bridgehead atoms. The zero-order valence-corrected chi connectivity index (χ0v) is 12.6. The lowest BCUT2D eigenvalue weighted by atomic mass is 9.99. The van der Waals surface area contributed by atoms with Crippen molar-refractivity contribution in [2.24, 2.45) is 7.05 Å². The van der Waals surface area contributed by atoms with Crippen molar-refractivity contribution in [1.82, 2.24) is 15.1 Å². The quantitative estimate of drug-likeness (QED) is 0.748. The van der Waals surface area contributed by atoms with Crippen LogP contribution in [0.5, 0.6) is 0 Å². The van der Waals surface area contributed by atoms with Gasteiger partial charge in [-0.3, -0.25) is 14.8 Å². The summed E-state index contributed by atoms with van der Waals surface area (Å²) < 4.78 is 1.79. The Kier molecular flexibility index (Phi) is 4.20. The molecule has 0 unspecified atom stereocenters. The van der Waals surface area contributed by atoms with E-state index < -0.39 is 11.5 Å². The van der Waals surface area contributed by atoms with Crippen LogP contribution in [0.4, 0.5) is 10.6 Å². The number of carbonyl (C=O) groups is 2. The van der Waals surface area contributed by atoms with Gasteiger partial charge in [-0.25, -0.2) is 4.79 Å². The maximum atomic E-state index is 12.0. The number of aliphatic carboxylic acids is 1. The van der Waals surface area contributed by atoms with Gasteiger partial charge >= 0.3 is 12.0 Å². The smallest absolute Gasteiger partial charge is 0.320 e. The summed E-state index contributed by atoms with van der Waals surface area (Å²) in [6, 6.07) is 1.52. The first-order chi connectivity index (χ1) is 9.77. The number of amides is 2. The molecule has 7 heteroatoms. The topological polar surface area (TPSA) is 96.3 Å². The van der Waals surface area contributed by atoms with Crippen molar-refractivity contribution in [1.29, 1.82) is 0 Å². The van der Waals surface area contributed by atoms with E-state index in [-0.39, 0.29) is 12.5 Å². The lowest BCUT2D eigenvalue weighted by Crippen LogP contribution is -2.45. The molecule has 2 amide bonds. The predicted molar refractivity (Wildman–Crippen MR) is 78.3 cm³/mol. The number of carboxylic acid groups (broad SMARTS) is 1. The summed E-state index contributed by atoms with van der Waals surface area (Å²) in [4.78, 5) is 22.6. The van der Waals surface area contributed by atoms with Crippen molar-refractivity contribution in [3.8, 4) is 0 Å². The van der Waals surface area contributed by atoms with E-state index in [1.54, 1.807) is 18.5 Å². The zero-order valence-electron chi connectivity index (χ0n) is 12.6. The summed E-state index contributed by atoms with van der Waals surface area (Å²) in [5.74, 6) is 0.211. The highest BCUT2D eigenvalue weighted by molar-refractivity contribution is 5.88. The third-order valence-corrected chi connectivity index (χ3v) is 3.57. The minimum absolute atomic E-state index is 0.0166. The van der Waals surface area contributed by atoms with Crippen LogP contribution in [-0.2, 0) is 11.8 Å². The molecule has 0 aromatic carbocycles. The van der Waals surface area contributed by atoms with Crippen molar-refractivity contribution in [3.05, 3.63) is 11.8 Å². The van der Waals surface area contributed by atoms with Crippen LogP contribution in [0.3, 0.4) is 0 Å². The average molecular weight is 294 g/mol. The van der Waals surface area contributed by atoms with Crippen LogP contribution >= 0.6 is 0 Å². The van der Waals surface area contributed by atoms with Gasteiger partial charge in [-0.15, -0.1) is 0 Å². The van der Waals surface area contributed by atoms with Crippen LogP contribution in [0.1, 0.15) is 51.1 Å². The summed E-state index contributed by atoms with van der Waals surface area (Å²) in [6.45, 7) is 3.59. The molecular weight excluding hydrogens is 272 g/mol. The monoisotopic (exact) mass is 294 g/mol. The zero-order chi connectivity index (χ0) is 15.6. The highest BCUT2D eigenvalue weighted by Crippen LogP contribution is 2.40. The van der Waals surface area contributed by atoms with Crippen LogP contribution in [-0.4, -0.2) is 32.4 Å². The molecule has 1 aromatic heterocycles. The number of carboxylic acids is 1. The Morgan fingerprint density at radius 3 is 2.71 bits per heavy atom. The summed E-state index contributed by atoms with van der Waals surface area (Å²) in [5.41, 5.74) is 0.548. The number of nitrogens with one attached hydrogen (secondary N) is 2. The number of carbonyl (C=O) groups excluding carboxylic acids is 1. The van der Waals surface area contributed by atoms with E-state index in [2.05, 4.69) is 15.7 Å². The number of hydrogen-bond donors (Lipinski definition) is 3. The number of anilines is 1. The molecule has 2 rings (SSSR count). The second-order valence-corrected chi connectivity index (χ2v) is 6.21. The van der Waals surface area contributed by atoms with Gasteiger partial charge in [0.1, 0.15) is 0 Å². The molecule has 1 saturated carbocycles. The number of aryl methyl sites for hydroxylation is 1. The molecule has 1 fully saturated rings. The fraction of sp³-hybridized carbons (Fsp3) is 0.643. The molecule has 0 atom stereocenters.